The lowest BCUT2D eigenvalue weighted by Gasteiger charge is -2.18. The minimum Gasteiger partial charge on any atom is -0.493 e. The zero-order chi connectivity index (χ0) is 16.3. The fraction of sp³-hybridized carbons (Fsp3) is 0.188. The van der Waals surface area contributed by atoms with Gasteiger partial charge in [-0.2, -0.15) is 0 Å². The van der Waals surface area contributed by atoms with Crippen molar-refractivity contribution in [3.63, 3.8) is 0 Å². The molecule has 2 aromatic rings. The summed E-state index contributed by atoms with van der Waals surface area (Å²) in [5.41, 5.74) is 7.39. The average molecular weight is 303 g/mol. The van der Waals surface area contributed by atoms with E-state index < -0.39 is 5.97 Å². The smallest absolute Gasteiger partial charge is 0.336 e. The Hall–Kier alpha value is -2.89. The van der Waals surface area contributed by atoms with E-state index in [9.17, 15) is 9.90 Å². The van der Waals surface area contributed by atoms with Gasteiger partial charge in [0.05, 0.1) is 26.9 Å². The predicted molar refractivity (Wildman–Crippen MR) is 82.9 cm³/mol. The SMILES string of the molecule is COc1cc(C(=O)O)c(-c2ccc(N)cc2)c(OC)c1OC. The van der Waals surface area contributed by atoms with Crippen molar-refractivity contribution < 1.29 is 24.1 Å². The Morgan fingerprint density at radius 3 is 2.05 bits per heavy atom. The molecule has 0 aromatic heterocycles. The van der Waals surface area contributed by atoms with Crippen molar-refractivity contribution in [2.45, 2.75) is 0 Å². The molecule has 0 saturated heterocycles. The molecule has 0 unspecified atom stereocenters. The molecule has 22 heavy (non-hydrogen) atoms. The standard InChI is InChI=1S/C16H17NO5/c1-20-12-8-11(16(18)19)13(15(22-3)14(12)21-2)9-4-6-10(17)7-5-9/h4-8H,17H2,1-3H3,(H,18,19). The third-order valence-electron chi connectivity index (χ3n) is 3.26. The Balaban J connectivity index is 2.84. The molecule has 0 spiro atoms. The summed E-state index contributed by atoms with van der Waals surface area (Å²) in [6.07, 6.45) is 0. The first kappa shape index (κ1) is 15.5. The second-order valence-electron chi connectivity index (χ2n) is 4.50. The number of nitrogen functional groups attached to an aromatic ring is 1. The topological polar surface area (TPSA) is 91.0 Å². The first-order valence-corrected chi connectivity index (χ1v) is 6.45. The van der Waals surface area contributed by atoms with E-state index in [1.165, 1.54) is 27.4 Å². The van der Waals surface area contributed by atoms with Crippen LogP contribution in [0.25, 0.3) is 11.1 Å². The largest absolute Gasteiger partial charge is 0.493 e. The Morgan fingerprint density at radius 1 is 1.00 bits per heavy atom. The molecule has 0 aliphatic carbocycles. The van der Waals surface area contributed by atoms with Gasteiger partial charge < -0.3 is 25.1 Å². The van der Waals surface area contributed by atoms with E-state index in [2.05, 4.69) is 0 Å². The molecule has 0 aliphatic heterocycles. The highest BCUT2D eigenvalue weighted by Gasteiger charge is 2.24. The molecule has 0 bridgehead atoms. The number of aromatic carboxylic acids is 1. The first-order chi connectivity index (χ1) is 10.5. The van der Waals surface area contributed by atoms with E-state index in [0.29, 0.717) is 28.3 Å². The monoisotopic (exact) mass is 303 g/mol. The second kappa shape index (κ2) is 6.26. The third kappa shape index (κ3) is 2.63. The van der Waals surface area contributed by atoms with Crippen LogP contribution in [-0.2, 0) is 0 Å². The van der Waals surface area contributed by atoms with E-state index in [0.717, 1.165) is 0 Å². The van der Waals surface area contributed by atoms with Gasteiger partial charge in [0, 0.05) is 11.3 Å². The molecule has 3 N–H and O–H groups in total. The summed E-state index contributed by atoms with van der Waals surface area (Å²) in [7, 11) is 4.35. The van der Waals surface area contributed by atoms with Crippen LogP contribution in [0.3, 0.4) is 0 Å². The molecule has 0 heterocycles. The van der Waals surface area contributed by atoms with Gasteiger partial charge in [-0.05, 0) is 23.8 Å². The molecule has 0 amide bonds. The number of methoxy groups -OCH3 is 3. The van der Waals surface area contributed by atoms with Crippen LogP contribution in [0.4, 0.5) is 5.69 Å². The Morgan fingerprint density at radius 2 is 1.59 bits per heavy atom. The highest BCUT2D eigenvalue weighted by atomic mass is 16.5. The maximum absolute atomic E-state index is 11.6. The van der Waals surface area contributed by atoms with Gasteiger partial charge in [0.25, 0.3) is 0 Å². The molecule has 0 fully saturated rings. The highest BCUT2D eigenvalue weighted by molar-refractivity contribution is 6.00. The van der Waals surface area contributed by atoms with Crippen molar-refractivity contribution in [1.82, 2.24) is 0 Å². The molecule has 0 saturated carbocycles. The minimum atomic E-state index is -1.09. The Labute approximate surface area is 128 Å². The van der Waals surface area contributed by atoms with Crippen molar-refractivity contribution in [2.24, 2.45) is 0 Å². The number of hydrogen-bond donors (Lipinski definition) is 2. The summed E-state index contributed by atoms with van der Waals surface area (Å²) in [5.74, 6) is -0.173. The highest BCUT2D eigenvalue weighted by Crippen LogP contribution is 2.46. The van der Waals surface area contributed by atoms with Crippen LogP contribution in [0, 0.1) is 0 Å². The van der Waals surface area contributed by atoms with E-state index in [1.54, 1.807) is 24.3 Å². The predicted octanol–water partition coefficient (Wildman–Crippen LogP) is 2.66. The van der Waals surface area contributed by atoms with E-state index >= 15 is 0 Å². The first-order valence-electron chi connectivity index (χ1n) is 6.45. The summed E-state index contributed by atoms with van der Waals surface area (Å²) in [4.78, 5) is 11.6. The molecule has 2 aromatic carbocycles. The van der Waals surface area contributed by atoms with Crippen LogP contribution in [0.5, 0.6) is 17.2 Å². The Bertz CT molecular complexity index is 695. The van der Waals surface area contributed by atoms with Gasteiger partial charge >= 0.3 is 5.97 Å². The number of nitrogens with two attached hydrogens (primary N) is 1. The number of hydrogen-bond acceptors (Lipinski definition) is 5. The number of ether oxygens (including phenoxy) is 3. The Kier molecular flexibility index (Phi) is 4.41. The summed E-state index contributed by atoms with van der Waals surface area (Å²) in [6, 6.07) is 8.25. The van der Waals surface area contributed by atoms with E-state index in [-0.39, 0.29) is 11.3 Å². The lowest BCUT2D eigenvalue weighted by molar-refractivity contribution is 0.0697. The lowest BCUT2D eigenvalue weighted by Crippen LogP contribution is -2.05. The van der Waals surface area contributed by atoms with Crippen molar-refractivity contribution in [3.05, 3.63) is 35.9 Å². The van der Waals surface area contributed by atoms with Gasteiger partial charge in [0.2, 0.25) is 5.75 Å². The molecule has 0 atom stereocenters. The number of carboxylic acids is 1. The maximum atomic E-state index is 11.6. The number of anilines is 1. The number of carboxylic acid groups (broad SMARTS) is 1. The number of carbonyl (C=O) groups is 1. The normalized spacial score (nSPS) is 10.1. The van der Waals surface area contributed by atoms with Crippen molar-refractivity contribution in [3.8, 4) is 28.4 Å². The summed E-state index contributed by atoms with van der Waals surface area (Å²) >= 11 is 0. The van der Waals surface area contributed by atoms with Gasteiger partial charge in [-0.3, -0.25) is 0 Å². The molecular weight excluding hydrogens is 286 g/mol. The van der Waals surface area contributed by atoms with Crippen molar-refractivity contribution in [2.75, 3.05) is 27.1 Å². The molecule has 116 valence electrons. The number of benzene rings is 2. The molecular formula is C16H17NO5. The molecule has 0 radical (unpaired) electrons. The number of rotatable bonds is 5. The molecule has 2 rings (SSSR count). The minimum absolute atomic E-state index is 0.0549. The van der Waals surface area contributed by atoms with Crippen LogP contribution in [-0.4, -0.2) is 32.4 Å². The van der Waals surface area contributed by atoms with Crippen LogP contribution < -0.4 is 19.9 Å². The summed E-state index contributed by atoms with van der Waals surface area (Å²) in [6.45, 7) is 0. The maximum Gasteiger partial charge on any atom is 0.336 e. The summed E-state index contributed by atoms with van der Waals surface area (Å²) < 4.78 is 15.9. The van der Waals surface area contributed by atoms with Crippen molar-refractivity contribution >= 4 is 11.7 Å². The van der Waals surface area contributed by atoms with Crippen LogP contribution in [0.15, 0.2) is 30.3 Å². The van der Waals surface area contributed by atoms with E-state index in [4.69, 9.17) is 19.9 Å². The lowest BCUT2D eigenvalue weighted by atomic mass is 9.97. The van der Waals surface area contributed by atoms with Crippen LogP contribution in [0.1, 0.15) is 10.4 Å². The fourth-order valence-electron chi connectivity index (χ4n) is 2.26. The second-order valence-corrected chi connectivity index (χ2v) is 4.50. The van der Waals surface area contributed by atoms with Gasteiger partial charge in [-0.1, -0.05) is 12.1 Å². The molecule has 6 heteroatoms. The van der Waals surface area contributed by atoms with Crippen LogP contribution in [0.2, 0.25) is 0 Å². The van der Waals surface area contributed by atoms with Gasteiger partial charge in [-0.15, -0.1) is 0 Å². The zero-order valence-corrected chi connectivity index (χ0v) is 12.5. The van der Waals surface area contributed by atoms with Gasteiger partial charge in [-0.25, -0.2) is 4.79 Å². The quantitative estimate of drug-likeness (QED) is 0.825. The van der Waals surface area contributed by atoms with E-state index in [1.807, 2.05) is 0 Å². The summed E-state index contributed by atoms with van der Waals surface area (Å²) in [5, 5.41) is 9.51. The fourth-order valence-corrected chi connectivity index (χ4v) is 2.26. The van der Waals surface area contributed by atoms with Crippen LogP contribution >= 0.6 is 0 Å². The third-order valence-corrected chi connectivity index (χ3v) is 3.26. The average Bonchev–Trinajstić information content (AvgIpc) is 2.53. The molecule has 0 aliphatic rings. The zero-order valence-electron chi connectivity index (χ0n) is 12.5. The molecule has 6 nitrogen and oxygen atoms in total. The van der Waals surface area contributed by atoms with Gasteiger partial charge in [0.1, 0.15) is 0 Å². The van der Waals surface area contributed by atoms with Crippen molar-refractivity contribution in [1.29, 1.82) is 0 Å². The van der Waals surface area contributed by atoms with Gasteiger partial charge in [0.15, 0.2) is 11.5 Å².